The Bertz CT molecular complexity index is 3760. The van der Waals surface area contributed by atoms with Crippen LogP contribution in [0.25, 0.3) is 0 Å². The van der Waals surface area contributed by atoms with Crippen LogP contribution in [0.2, 0.25) is 0 Å². The lowest BCUT2D eigenvalue weighted by molar-refractivity contribution is 0.195. The van der Waals surface area contributed by atoms with Gasteiger partial charge < -0.3 is 19.6 Å². The predicted octanol–water partition coefficient (Wildman–Crippen LogP) is 19.4. The van der Waals surface area contributed by atoms with Crippen molar-refractivity contribution in [2.45, 2.75) is 225 Å². The highest BCUT2D eigenvalue weighted by molar-refractivity contribution is 7.00. The summed E-state index contributed by atoms with van der Waals surface area (Å²) in [5.74, 6) is 0. The third kappa shape index (κ3) is 7.88. The zero-order valence-corrected chi connectivity index (χ0v) is 53.5. The molecule has 424 valence electrons. The van der Waals surface area contributed by atoms with Crippen molar-refractivity contribution in [2.75, 3.05) is 19.6 Å². The van der Waals surface area contributed by atoms with Crippen LogP contribution in [0.15, 0.2) is 133 Å². The highest BCUT2D eigenvalue weighted by Gasteiger charge is 2.61. The third-order valence-electron chi connectivity index (χ3n) is 22.1. The summed E-state index contributed by atoms with van der Waals surface area (Å²) >= 11 is 0. The summed E-state index contributed by atoms with van der Waals surface area (Å²) in [4.78, 5) is 11.0. The number of hydrogen-bond donors (Lipinski definition) is 0. The van der Waals surface area contributed by atoms with Gasteiger partial charge >= 0.3 is 0 Å². The van der Waals surface area contributed by atoms with E-state index in [-0.39, 0.29) is 55.7 Å². The van der Waals surface area contributed by atoms with Gasteiger partial charge in [-0.1, -0.05) is 204 Å². The molecule has 0 amide bonds. The first kappa shape index (κ1) is 55.0. The fourth-order valence-corrected chi connectivity index (χ4v) is 16.5. The molecule has 0 bridgehead atoms. The molecular formula is C77H93BN4. The van der Waals surface area contributed by atoms with E-state index in [0.717, 1.165) is 12.8 Å². The fourth-order valence-electron chi connectivity index (χ4n) is 16.5. The lowest BCUT2D eigenvalue weighted by Crippen LogP contribution is -2.61. The number of fused-ring (bicyclic) bond motifs is 10. The van der Waals surface area contributed by atoms with E-state index in [1.165, 1.54) is 144 Å². The van der Waals surface area contributed by atoms with Crippen LogP contribution in [-0.4, -0.2) is 17.8 Å². The molecule has 2 fully saturated rings. The van der Waals surface area contributed by atoms with Crippen molar-refractivity contribution in [1.29, 1.82) is 0 Å². The molecule has 5 heteroatoms. The Morgan fingerprint density at radius 1 is 0.329 bits per heavy atom. The molecule has 4 atom stereocenters. The third-order valence-corrected chi connectivity index (χ3v) is 22.1. The molecule has 82 heavy (non-hydrogen) atoms. The summed E-state index contributed by atoms with van der Waals surface area (Å²) in [6, 6.07) is 54.7. The second-order valence-electron chi connectivity index (χ2n) is 32.3. The van der Waals surface area contributed by atoms with Gasteiger partial charge in [-0.05, 0) is 189 Å². The molecule has 0 saturated heterocycles. The molecule has 13 rings (SSSR count). The van der Waals surface area contributed by atoms with E-state index >= 15 is 0 Å². The number of rotatable bonds is 4. The lowest BCUT2D eigenvalue weighted by Gasteiger charge is -2.51. The Hall–Kier alpha value is -6.20. The number of hydrogen-bond acceptors (Lipinski definition) is 4. The zero-order chi connectivity index (χ0) is 58.4. The van der Waals surface area contributed by atoms with Crippen LogP contribution in [-0.2, 0) is 37.9 Å². The highest BCUT2D eigenvalue weighted by atomic mass is 15.3. The van der Waals surface area contributed by atoms with Gasteiger partial charge in [-0.3, -0.25) is 0 Å². The van der Waals surface area contributed by atoms with Crippen LogP contribution < -0.4 is 36.0 Å². The van der Waals surface area contributed by atoms with E-state index in [9.17, 15) is 0 Å². The van der Waals surface area contributed by atoms with E-state index in [0.29, 0.717) is 0 Å². The van der Waals surface area contributed by atoms with E-state index in [1.54, 1.807) is 0 Å². The van der Waals surface area contributed by atoms with E-state index < -0.39 is 0 Å². The molecule has 7 aromatic carbocycles. The van der Waals surface area contributed by atoms with Crippen LogP contribution in [0.4, 0.5) is 56.9 Å². The molecule has 6 aliphatic rings. The Balaban J connectivity index is 1.14. The second kappa shape index (κ2) is 17.7. The second-order valence-corrected chi connectivity index (χ2v) is 32.3. The van der Waals surface area contributed by atoms with Gasteiger partial charge in [0, 0.05) is 67.7 Å². The fraction of sp³-hybridized carbons (Fsp3) is 0.455. The molecule has 4 nitrogen and oxygen atoms in total. The van der Waals surface area contributed by atoms with Gasteiger partial charge in [-0.15, -0.1) is 0 Å². The molecule has 0 spiro atoms. The Morgan fingerprint density at radius 2 is 0.732 bits per heavy atom. The smallest absolute Gasteiger partial charge is 0.252 e. The van der Waals surface area contributed by atoms with E-state index in [2.05, 4.69) is 285 Å². The van der Waals surface area contributed by atoms with Crippen molar-refractivity contribution in [3.8, 4) is 0 Å². The SMILES string of the molecule is CC(C)(C)c1ccc(N2c3cc(N4c5ccc(C(C)(C)C)cc5C5(C)CCCCC45C)ccc3B3c4ccc(C(C)(C)C)cc4N(c4cccc(C(C)(C)C)c4)c4cc(N5c6ccc(C(C)(C)C)cc6C6(C)CCCC56C)cc2c43)cc1. The molecular weight excluding hydrogens is 992 g/mol. The highest BCUT2D eigenvalue weighted by Crippen LogP contribution is 2.65. The van der Waals surface area contributed by atoms with Crippen LogP contribution in [0.3, 0.4) is 0 Å². The summed E-state index contributed by atoms with van der Waals surface area (Å²) in [6.45, 7) is 45.8. The molecule has 0 N–H and O–H groups in total. The topological polar surface area (TPSA) is 13.0 Å². The summed E-state index contributed by atoms with van der Waals surface area (Å²) in [7, 11) is 0. The van der Waals surface area contributed by atoms with E-state index in [1.807, 2.05) is 0 Å². The van der Waals surface area contributed by atoms with Crippen molar-refractivity contribution >= 4 is 80.0 Å². The van der Waals surface area contributed by atoms with Gasteiger partial charge in [0.15, 0.2) is 0 Å². The van der Waals surface area contributed by atoms with E-state index in [4.69, 9.17) is 0 Å². The normalized spacial score (nSPS) is 23.8. The minimum absolute atomic E-state index is 0.00194. The monoisotopic (exact) mass is 1080 g/mol. The summed E-state index contributed by atoms with van der Waals surface area (Å²) in [5.41, 5.74) is 26.5. The van der Waals surface area contributed by atoms with Gasteiger partial charge in [0.2, 0.25) is 0 Å². The molecule has 4 aliphatic heterocycles. The van der Waals surface area contributed by atoms with Crippen LogP contribution in [0.1, 0.15) is 215 Å². The Labute approximate surface area is 494 Å². The maximum absolute atomic E-state index is 2.84. The first-order valence-corrected chi connectivity index (χ1v) is 31.5. The van der Waals surface area contributed by atoms with Crippen LogP contribution in [0, 0.1) is 0 Å². The summed E-state index contributed by atoms with van der Waals surface area (Å²) in [6.07, 6.45) is 8.34. The Kier molecular flexibility index (Phi) is 11.9. The molecule has 0 aromatic heterocycles. The van der Waals surface area contributed by atoms with Crippen molar-refractivity contribution in [1.82, 2.24) is 0 Å². The molecule has 7 aromatic rings. The standard InChI is InChI=1S/C77H93BN4/c1-69(2,3)49-26-31-54(32-27-49)79-65-46-56(81-62-36-29-51(71(7,8)9)43-58(62)74(16)38-20-21-40-76(74,81)18)33-35-61(65)78-60-34-28-53(73(13,14)15)45-64(60)80(55-25-22-24-50(42-55)70(4,5)6)67-48-57(47-66(79)68(67)78)82-63-37-30-52(72(10,11)12)44-59(63)75(17)39-23-41-77(75,82)19/h22,24-37,42-48H,20-21,23,38-41H2,1-19H3. The first-order chi connectivity index (χ1) is 38.3. The van der Waals surface area contributed by atoms with Gasteiger partial charge in [0.05, 0.1) is 11.1 Å². The minimum atomic E-state index is -0.147. The number of anilines is 10. The molecule has 4 heterocycles. The molecule has 0 radical (unpaired) electrons. The number of benzene rings is 7. The molecule has 4 unspecified atom stereocenters. The first-order valence-electron chi connectivity index (χ1n) is 31.5. The number of nitrogens with zero attached hydrogens (tertiary/aromatic N) is 4. The summed E-state index contributed by atoms with van der Waals surface area (Å²) in [5, 5.41) is 0. The quantitative estimate of drug-likeness (QED) is 0.163. The Morgan fingerprint density at radius 3 is 1.28 bits per heavy atom. The minimum Gasteiger partial charge on any atom is -0.334 e. The maximum atomic E-state index is 2.84. The van der Waals surface area contributed by atoms with Crippen molar-refractivity contribution in [3.05, 3.63) is 172 Å². The van der Waals surface area contributed by atoms with Crippen LogP contribution >= 0.6 is 0 Å². The van der Waals surface area contributed by atoms with Gasteiger partial charge in [-0.2, -0.15) is 0 Å². The van der Waals surface area contributed by atoms with Gasteiger partial charge in [0.25, 0.3) is 6.71 Å². The van der Waals surface area contributed by atoms with Crippen molar-refractivity contribution in [3.63, 3.8) is 0 Å². The van der Waals surface area contributed by atoms with Crippen molar-refractivity contribution in [2.24, 2.45) is 0 Å². The molecule has 2 aliphatic carbocycles. The maximum Gasteiger partial charge on any atom is 0.252 e. The van der Waals surface area contributed by atoms with Crippen molar-refractivity contribution < 1.29 is 0 Å². The largest absolute Gasteiger partial charge is 0.334 e. The van der Waals surface area contributed by atoms with Crippen LogP contribution in [0.5, 0.6) is 0 Å². The molecule has 2 saturated carbocycles. The zero-order valence-electron chi connectivity index (χ0n) is 53.5. The average molecular weight is 1090 g/mol. The summed E-state index contributed by atoms with van der Waals surface area (Å²) < 4.78 is 0. The van der Waals surface area contributed by atoms with Gasteiger partial charge in [0.1, 0.15) is 0 Å². The predicted molar refractivity (Wildman–Crippen MR) is 355 cm³/mol. The lowest BCUT2D eigenvalue weighted by atomic mass is 9.33. The van der Waals surface area contributed by atoms with Gasteiger partial charge in [-0.25, -0.2) is 0 Å². The average Bonchev–Trinajstić information content (AvgIpc) is 3.26.